The number of hydrogen-bond donors (Lipinski definition) is 3. The van der Waals surface area contributed by atoms with Gasteiger partial charge in [-0.1, -0.05) is 18.2 Å². The molecule has 1 aliphatic rings. The number of carbonyl (C=O) groups excluding carboxylic acids is 1. The molecule has 0 heterocycles. The highest BCUT2D eigenvalue weighted by molar-refractivity contribution is 5.76. The van der Waals surface area contributed by atoms with Gasteiger partial charge in [-0.05, 0) is 37.8 Å². The fraction of sp³-hybridized carbons (Fsp3) is 0.533. The van der Waals surface area contributed by atoms with Gasteiger partial charge in [0.1, 0.15) is 11.9 Å². The smallest absolute Gasteiger partial charge is 0.329 e. The molecule has 1 fully saturated rings. The van der Waals surface area contributed by atoms with Crippen LogP contribution in [0.15, 0.2) is 30.3 Å². The number of ether oxygens (including phenoxy) is 1. The van der Waals surface area contributed by atoms with E-state index in [0.29, 0.717) is 31.4 Å². The van der Waals surface area contributed by atoms with E-state index in [1.807, 2.05) is 6.07 Å². The Hall–Kier alpha value is -1.63. The van der Waals surface area contributed by atoms with E-state index in [1.54, 1.807) is 24.3 Å². The van der Waals surface area contributed by atoms with Crippen LogP contribution >= 0.6 is 0 Å². The van der Waals surface area contributed by atoms with Crippen molar-refractivity contribution in [1.82, 2.24) is 5.48 Å². The van der Waals surface area contributed by atoms with Gasteiger partial charge in [-0.2, -0.15) is 0 Å². The Bertz CT molecular complexity index is 431. The van der Waals surface area contributed by atoms with Crippen molar-refractivity contribution in [1.29, 1.82) is 0 Å². The standard InChI is InChI=1S/C15H21NO5/c17-10-14(16-21-13-4-2-1-3-5-13)15(19)20-12-8-6-11(18)7-9-12/h1-5,11-12,14,16-18H,6-10H2/t11?,12?,14-/m1/s1. The van der Waals surface area contributed by atoms with Gasteiger partial charge in [-0.15, -0.1) is 5.48 Å². The molecule has 0 aromatic heterocycles. The molecule has 1 saturated carbocycles. The van der Waals surface area contributed by atoms with Crippen LogP contribution < -0.4 is 10.3 Å². The largest absolute Gasteiger partial charge is 0.461 e. The van der Waals surface area contributed by atoms with Gasteiger partial charge < -0.3 is 19.8 Å². The van der Waals surface area contributed by atoms with Crippen LogP contribution in [0.3, 0.4) is 0 Å². The molecule has 0 bridgehead atoms. The Labute approximate surface area is 123 Å². The average molecular weight is 295 g/mol. The molecule has 2 rings (SSSR count). The fourth-order valence-electron chi connectivity index (χ4n) is 2.20. The van der Waals surface area contributed by atoms with E-state index in [2.05, 4.69) is 5.48 Å². The maximum atomic E-state index is 12.0. The van der Waals surface area contributed by atoms with Crippen LogP contribution in [0.1, 0.15) is 25.7 Å². The zero-order valence-corrected chi connectivity index (χ0v) is 11.8. The van der Waals surface area contributed by atoms with Crippen molar-refractivity contribution >= 4 is 5.97 Å². The summed E-state index contributed by atoms with van der Waals surface area (Å²) in [5.74, 6) is -0.000593. The van der Waals surface area contributed by atoms with E-state index in [-0.39, 0.29) is 12.2 Å². The van der Waals surface area contributed by atoms with Crippen molar-refractivity contribution < 1.29 is 24.6 Å². The number of benzene rings is 1. The predicted molar refractivity (Wildman–Crippen MR) is 75.4 cm³/mol. The number of rotatable bonds is 6. The molecule has 6 heteroatoms. The summed E-state index contributed by atoms with van der Waals surface area (Å²) in [6.45, 7) is -0.416. The van der Waals surface area contributed by atoms with Crippen LogP contribution in [0.2, 0.25) is 0 Å². The molecule has 0 aliphatic heterocycles. The van der Waals surface area contributed by atoms with Gasteiger partial charge in [0, 0.05) is 0 Å². The third kappa shape index (κ3) is 5.00. The molecule has 0 amide bonds. The highest BCUT2D eigenvalue weighted by Gasteiger charge is 2.26. The van der Waals surface area contributed by atoms with Crippen LogP contribution in [-0.4, -0.2) is 41.0 Å². The van der Waals surface area contributed by atoms with Crippen molar-refractivity contribution in [2.75, 3.05) is 6.61 Å². The average Bonchev–Trinajstić information content (AvgIpc) is 2.51. The molecule has 6 nitrogen and oxygen atoms in total. The van der Waals surface area contributed by atoms with Crippen molar-refractivity contribution in [2.24, 2.45) is 0 Å². The molecule has 1 atom stereocenters. The van der Waals surface area contributed by atoms with Gasteiger partial charge in [0.25, 0.3) is 0 Å². The summed E-state index contributed by atoms with van der Waals surface area (Å²) in [6, 6.07) is 7.98. The second-order valence-corrected chi connectivity index (χ2v) is 5.14. The highest BCUT2D eigenvalue weighted by Crippen LogP contribution is 2.21. The topological polar surface area (TPSA) is 88.0 Å². The number of esters is 1. The lowest BCUT2D eigenvalue weighted by atomic mass is 9.95. The van der Waals surface area contributed by atoms with Gasteiger partial charge in [0.2, 0.25) is 0 Å². The van der Waals surface area contributed by atoms with E-state index in [9.17, 15) is 15.0 Å². The van der Waals surface area contributed by atoms with Gasteiger partial charge >= 0.3 is 5.97 Å². The molecular formula is C15H21NO5. The minimum absolute atomic E-state index is 0.200. The first-order chi connectivity index (χ1) is 10.2. The number of hydroxylamine groups is 1. The Morgan fingerprint density at radius 2 is 1.90 bits per heavy atom. The lowest BCUT2D eigenvalue weighted by Gasteiger charge is -2.26. The van der Waals surface area contributed by atoms with Gasteiger partial charge in [-0.25, -0.2) is 0 Å². The first-order valence-corrected chi connectivity index (χ1v) is 7.16. The Morgan fingerprint density at radius 1 is 1.24 bits per heavy atom. The first kappa shape index (κ1) is 15.8. The zero-order chi connectivity index (χ0) is 15.1. The quantitative estimate of drug-likeness (QED) is 0.531. The van der Waals surface area contributed by atoms with Crippen LogP contribution in [0.5, 0.6) is 5.75 Å². The summed E-state index contributed by atoms with van der Waals surface area (Å²) in [5.41, 5.74) is 2.51. The van der Waals surface area contributed by atoms with E-state index in [4.69, 9.17) is 9.57 Å². The van der Waals surface area contributed by atoms with E-state index >= 15 is 0 Å². The zero-order valence-electron chi connectivity index (χ0n) is 11.8. The van der Waals surface area contributed by atoms with Gasteiger partial charge in [0.05, 0.1) is 12.7 Å². The van der Waals surface area contributed by atoms with Crippen LogP contribution in [0, 0.1) is 0 Å². The predicted octanol–water partition coefficient (Wildman–Crippen LogP) is 0.778. The molecule has 116 valence electrons. The van der Waals surface area contributed by atoms with Crippen molar-refractivity contribution in [3.63, 3.8) is 0 Å². The molecule has 0 saturated heterocycles. The molecule has 3 N–H and O–H groups in total. The summed E-state index contributed by atoms with van der Waals surface area (Å²) in [5, 5.41) is 18.7. The minimum atomic E-state index is -0.933. The Morgan fingerprint density at radius 3 is 2.52 bits per heavy atom. The number of aliphatic hydroxyl groups excluding tert-OH is 2. The summed E-state index contributed by atoms with van der Waals surface area (Å²) < 4.78 is 5.33. The monoisotopic (exact) mass is 295 g/mol. The molecule has 1 aromatic carbocycles. The molecule has 0 unspecified atom stereocenters. The number of aliphatic hydroxyl groups is 2. The van der Waals surface area contributed by atoms with Crippen molar-refractivity contribution in [3.8, 4) is 5.75 Å². The lowest BCUT2D eigenvalue weighted by Crippen LogP contribution is -2.44. The molecular weight excluding hydrogens is 274 g/mol. The summed E-state index contributed by atoms with van der Waals surface area (Å²) >= 11 is 0. The number of nitrogens with one attached hydrogen (secondary N) is 1. The van der Waals surface area contributed by atoms with Crippen molar-refractivity contribution in [3.05, 3.63) is 30.3 Å². The number of hydrogen-bond acceptors (Lipinski definition) is 6. The first-order valence-electron chi connectivity index (χ1n) is 7.16. The van der Waals surface area contributed by atoms with E-state index in [0.717, 1.165) is 0 Å². The van der Waals surface area contributed by atoms with Crippen LogP contribution in [-0.2, 0) is 9.53 Å². The molecule has 1 aromatic rings. The highest BCUT2D eigenvalue weighted by atomic mass is 16.7. The number of carbonyl (C=O) groups is 1. The van der Waals surface area contributed by atoms with Crippen molar-refractivity contribution in [2.45, 2.75) is 43.9 Å². The van der Waals surface area contributed by atoms with E-state index < -0.39 is 18.6 Å². The fourth-order valence-corrected chi connectivity index (χ4v) is 2.20. The molecule has 0 spiro atoms. The maximum absolute atomic E-state index is 12.0. The van der Waals surface area contributed by atoms with Crippen LogP contribution in [0.4, 0.5) is 0 Å². The summed E-state index contributed by atoms with van der Waals surface area (Å²) in [6.07, 6.45) is 2.06. The second-order valence-electron chi connectivity index (χ2n) is 5.14. The molecule has 21 heavy (non-hydrogen) atoms. The van der Waals surface area contributed by atoms with Crippen LogP contribution in [0.25, 0.3) is 0 Å². The SMILES string of the molecule is O=C(OC1CCC(O)CC1)[C@@H](CO)NOc1ccccc1. The summed E-state index contributed by atoms with van der Waals surface area (Å²) in [7, 11) is 0. The second kappa shape index (κ2) is 7.97. The maximum Gasteiger partial charge on any atom is 0.329 e. The molecule has 0 radical (unpaired) electrons. The summed E-state index contributed by atoms with van der Waals surface area (Å²) in [4.78, 5) is 17.2. The third-order valence-corrected chi connectivity index (χ3v) is 3.46. The Balaban J connectivity index is 1.78. The normalized spacial score (nSPS) is 23.3. The van der Waals surface area contributed by atoms with Gasteiger partial charge in [-0.3, -0.25) is 4.79 Å². The minimum Gasteiger partial charge on any atom is -0.461 e. The van der Waals surface area contributed by atoms with E-state index in [1.165, 1.54) is 0 Å². The van der Waals surface area contributed by atoms with Gasteiger partial charge in [0.15, 0.2) is 6.04 Å². The lowest BCUT2D eigenvalue weighted by molar-refractivity contribution is -0.157. The Kier molecular flexibility index (Phi) is 5.98. The third-order valence-electron chi connectivity index (χ3n) is 3.46. The molecule has 1 aliphatic carbocycles. The number of para-hydroxylation sites is 1.